The number of rotatable bonds is 2. The number of nitrogen functional groups attached to an aromatic ring is 1. The molecule has 0 unspecified atom stereocenters. The first kappa shape index (κ1) is 13.5. The van der Waals surface area contributed by atoms with Crippen molar-refractivity contribution < 1.29 is 13.2 Å². The van der Waals surface area contributed by atoms with Gasteiger partial charge in [-0.15, -0.1) is 0 Å². The Balaban J connectivity index is 2.04. The molecule has 0 fully saturated rings. The molecule has 0 bridgehead atoms. The molecule has 0 aliphatic carbocycles. The Morgan fingerprint density at radius 2 is 1.76 bits per heavy atom. The van der Waals surface area contributed by atoms with Gasteiger partial charge in [0, 0.05) is 29.3 Å². The van der Waals surface area contributed by atoms with Gasteiger partial charge in [0.05, 0.1) is 5.56 Å². The minimum Gasteiger partial charge on any atom is -0.399 e. The highest BCUT2D eigenvalue weighted by Gasteiger charge is 2.32. The molecular weight excluding hydrogens is 277 g/mol. The van der Waals surface area contributed by atoms with Crippen LogP contribution in [0.5, 0.6) is 0 Å². The minimum atomic E-state index is -4.34. The zero-order valence-electron chi connectivity index (χ0n) is 11.1. The highest BCUT2D eigenvalue weighted by molar-refractivity contribution is 5.83. The lowest BCUT2D eigenvalue weighted by Gasteiger charge is -2.14. The van der Waals surface area contributed by atoms with Gasteiger partial charge < -0.3 is 10.3 Å². The Morgan fingerprint density at radius 1 is 1.00 bits per heavy atom. The lowest BCUT2D eigenvalue weighted by molar-refractivity contribution is -0.138. The average molecular weight is 290 g/mol. The third kappa shape index (κ3) is 2.59. The summed E-state index contributed by atoms with van der Waals surface area (Å²) < 4.78 is 40.8. The van der Waals surface area contributed by atoms with Crippen molar-refractivity contribution in [2.24, 2.45) is 0 Å². The van der Waals surface area contributed by atoms with Gasteiger partial charge in [0.1, 0.15) is 0 Å². The summed E-state index contributed by atoms with van der Waals surface area (Å²) in [5, 5.41) is 0.916. The SMILES string of the molecule is Nc1ccc2c(ccn2Cc2ccccc2C(F)(F)F)c1. The fourth-order valence-electron chi connectivity index (χ4n) is 2.47. The van der Waals surface area contributed by atoms with Gasteiger partial charge in [0.25, 0.3) is 0 Å². The van der Waals surface area contributed by atoms with Gasteiger partial charge in [-0.2, -0.15) is 13.2 Å². The largest absolute Gasteiger partial charge is 0.416 e. The van der Waals surface area contributed by atoms with Gasteiger partial charge in [-0.25, -0.2) is 0 Å². The summed E-state index contributed by atoms with van der Waals surface area (Å²) in [6.07, 6.45) is -2.57. The molecule has 0 saturated carbocycles. The van der Waals surface area contributed by atoms with Gasteiger partial charge >= 0.3 is 6.18 Å². The molecule has 2 N–H and O–H groups in total. The van der Waals surface area contributed by atoms with E-state index >= 15 is 0 Å². The normalized spacial score (nSPS) is 12.0. The van der Waals surface area contributed by atoms with Crippen LogP contribution in [0.1, 0.15) is 11.1 Å². The standard InChI is InChI=1S/C16H13F3N2/c17-16(18,19)14-4-2-1-3-12(14)10-21-8-7-11-9-13(20)5-6-15(11)21/h1-9H,10,20H2. The van der Waals surface area contributed by atoms with E-state index in [9.17, 15) is 13.2 Å². The molecule has 1 aromatic heterocycles. The highest BCUT2D eigenvalue weighted by atomic mass is 19.4. The van der Waals surface area contributed by atoms with Crippen LogP contribution >= 0.6 is 0 Å². The average Bonchev–Trinajstić information content (AvgIpc) is 2.80. The van der Waals surface area contributed by atoms with Crippen molar-refractivity contribution in [1.29, 1.82) is 0 Å². The second-order valence-corrected chi connectivity index (χ2v) is 4.92. The summed E-state index contributed by atoms with van der Waals surface area (Å²) in [6.45, 7) is 0.170. The van der Waals surface area contributed by atoms with E-state index in [-0.39, 0.29) is 12.1 Å². The number of hydrogen-bond donors (Lipinski definition) is 1. The summed E-state index contributed by atoms with van der Waals surface area (Å²) in [6, 6.07) is 12.9. The Bertz CT molecular complexity index is 788. The van der Waals surface area contributed by atoms with Gasteiger partial charge in [0.2, 0.25) is 0 Å². The third-order valence-corrected chi connectivity index (χ3v) is 3.46. The molecule has 2 nitrogen and oxygen atoms in total. The van der Waals surface area contributed by atoms with Crippen LogP contribution in [0.15, 0.2) is 54.7 Å². The predicted molar refractivity (Wildman–Crippen MR) is 76.9 cm³/mol. The Kier molecular flexibility index (Phi) is 3.12. The highest BCUT2D eigenvalue weighted by Crippen LogP contribution is 2.32. The van der Waals surface area contributed by atoms with E-state index in [1.807, 2.05) is 18.2 Å². The quantitative estimate of drug-likeness (QED) is 0.701. The number of anilines is 1. The molecule has 0 amide bonds. The topological polar surface area (TPSA) is 30.9 Å². The Hall–Kier alpha value is -2.43. The van der Waals surface area contributed by atoms with Crippen molar-refractivity contribution in [2.45, 2.75) is 12.7 Å². The number of benzene rings is 2. The van der Waals surface area contributed by atoms with Crippen LogP contribution in [-0.4, -0.2) is 4.57 Å². The Labute approximate surface area is 119 Å². The zero-order chi connectivity index (χ0) is 15.0. The van der Waals surface area contributed by atoms with Gasteiger partial charge in [0.15, 0.2) is 0 Å². The molecule has 1 heterocycles. The van der Waals surface area contributed by atoms with Crippen LogP contribution in [0.2, 0.25) is 0 Å². The van der Waals surface area contributed by atoms with Crippen molar-refractivity contribution in [3.05, 3.63) is 65.9 Å². The van der Waals surface area contributed by atoms with Crippen LogP contribution in [0.25, 0.3) is 10.9 Å². The molecule has 0 atom stereocenters. The number of fused-ring (bicyclic) bond motifs is 1. The molecule has 0 aliphatic rings. The van der Waals surface area contributed by atoms with E-state index in [2.05, 4.69) is 0 Å². The fourth-order valence-corrected chi connectivity index (χ4v) is 2.47. The number of aromatic nitrogens is 1. The second-order valence-electron chi connectivity index (χ2n) is 4.92. The van der Waals surface area contributed by atoms with Crippen LogP contribution in [-0.2, 0) is 12.7 Å². The summed E-state index contributed by atoms with van der Waals surface area (Å²) in [7, 11) is 0. The molecular formula is C16H13F3N2. The predicted octanol–water partition coefficient (Wildman–Crippen LogP) is 4.29. The second kappa shape index (κ2) is 4.84. The smallest absolute Gasteiger partial charge is 0.399 e. The van der Waals surface area contributed by atoms with E-state index in [0.717, 1.165) is 17.0 Å². The first-order valence-electron chi connectivity index (χ1n) is 6.44. The number of nitrogens with two attached hydrogens (primary N) is 1. The fraction of sp³-hybridized carbons (Fsp3) is 0.125. The molecule has 5 heteroatoms. The zero-order valence-corrected chi connectivity index (χ0v) is 11.1. The number of hydrogen-bond acceptors (Lipinski definition) is 1. The monoisotopic (exact) mass is 290 g/mol. The third-order valence-electron chi connectivity index (χ3n) is 3.46. The molecule has 3 rings (SSSR count). The molecule has 3 aromatic rings. The molecule has 0 saturated heterocycles. The van der Waals surface area contributed by atoms with E-state index < -0.39 is 11.7 Å². The van der Waals surface area contributed by atoms with Gasteiger partial charge in [-0.1, -0.05) is 18.2 Å². The maximum atomic E-state index is 13.0. The molecule has 2 aromatic carbocycles. The maximum absolute atomic E-state index is 13.0. The Morgan fingerprint density at radius 3 is 2.52 bits per heavy atom. The molecule has 21 heavy (non-hydrogen) atoms. The van der Waals surface area contributed by atoms with Crippen LogP contribution in [0, 0.1) is 0 Å². The van der Waals surface area contributed by atoms with Crippen LogP contribution < -0.4 is 5.73 Å². The van der Waals surface area contributed by atoms with E-state index in [1.54, 1.807) is 22.9 Å². The van der Waals surface area contributed by atoms with E-state index in [1.165, 1.54) is 12.1 Å². The summed E-state index contributed by atoms with van der Waals surface area (Å²) in [5.74, 6) is 0. The van der Waals surface area contributed by atoms with E-state index in [4.69, 9.17) is 5.73 Å². The van der Waals surface area contributed by atoms with Crippen LogP contribution in [0.3, 0.4) is 0 Å². The summed E-state index contributed by atoms with van der Waals surface area (Å²) >= 11 is 0. The van der Waals surface area contributed by atoms with Crippen LogP contribution in [0.4, 0.5) is 18.9 Å². The molecule has 0 radical (unpaired) electrons. The lowest BCUT2D eigenvalue weighted by atomic mass is 10.1. The first-order valence-corrected chi connectivity index (χ1v) is 6.44. The van der Waals surface area contributed by atoms with Crippen molar-refractivity contribution in [3.63, 3.8) is 0 Å². The number of alkyl halides is 3. The molecule has 0 spiro atoms. The van der Waals surface area contributed by atoms with Crippen molar-refractivity contribution in [2.75, 3.05) is 5.73 Å². The van der Waals surface area contributed by atoms with Gasteiger partial charge in [-0.3, -0.25) is 0 Å². The van der Waals surface area contributed by atoms with E-state index in [0.29, 0.717) is 5.69 Å². The number of halogens is 3. The van der Waals surface area contributed by atoms with Crippen molar-refractivity contribution in [3.8, 4) is 0 Å². The maximum Gasteiger partial charge on any atom is 0.416 e. The van der Waals surface area contributed by atoms with Gasteiger partial charge in [-0.05, 0) is 35.9 Å². The number of nitrogens with zero attached hydrogens (tertiary/aromatic N) is 1. The van der Waals surface area contributed by atoms with Crippen molar-refractivity contribution >= 4 is 16.6 Å². The minimum absolute atomic E-state index is 0.170. The molecule has 108 valence electrons. The summed E-state index contributed by atoms with van der Waals surface area (Å²) in [5.41, 5.74) is 6.86. The summed E-state index contributed by atoms with van der Waals surface area (Å²) in [4.78, 5) is 0. The molecule has 0 aliphatic heterocycles. The van der Waals surface area contributed by atoms with Crippen molar-refractivity contribution in [1.82, 2.24) is 4.57 Å². The first-order chi connectivity index (χ1) is 9.95. The lowest BCUT2D eigenvalue weighted by Crippen LogP contribution is -2.11.